The first-order valence-electron chi connectivity index (χ1n) is 7.36. The molecule has 0 aliphatic carbocycles. The maximum absolute atomic E-state index is 11.0. The van der Waals surface area contributed by atoms with E-state index in [9.17, 15) is 9.90 Å². The van der Waals surface area contributed by atoms with Gasteiger partial charge in [-0.25, -0.2) is 4.79 Å². The number of fused-ring (bicyclic) bond motifs is 1. The number of hydrogen-bond donors (Lipinski definition) is 2. The van der Waals surface area contributed by atoms with E-state index in [1.807, 2.05) is 6.07 Å². The van der Waals surface area contributed by atoms with Gasteiger partial charge in [0.15, 0.2) is 0 Å². The van der Waals surface area contributed by atoms with E-state index in [0.717, 1.165) is 38.2 Å². The monoisotopic (exact) mass is 291 g/mol. The predicted molar refractivity (Wildman–Crippen MR) is 77.1 cm³/mol. The quantitative estimate of drug-likeness (QED) is 0.873. The van der Waals surface area contributed by atoms with E-state index in [1.54, 1.807) is 18.2 Å². The molecule has 2 N–H and O–H groups in total. The molecule has 3 rings (SSSR count). The van der Waals surface area contributed by atoms with Gasteiger partial charge in [0, 0.05) is 37.6 Å². The summed E-state index contributed by atoms with van der Waals surface area (Å²) in [4.78, 5) is 13.3. The minimum Gasteiger partial charge on any atom is -0.478 e. The van der Waals surface area contributed by atoms with Gasteiger partial charge < -0.3 is 14.9 Å². The van der Waals surface area contributed by atoms with Gasteiger partial charge in [-0.2, -0.15) is 0 Å². The van der Waals surface area contributed by atoms with Crippen LogP contribution in [-0.2, 0) is 11.3 Å². The average molecular weight is 291 g/mol. The van der Waals surface area contributed by atoms with Gasteiger partial charge in [-0.15, -0.1) is 0 Å². The van der Waals surface area contributed by atoms with Crippen molar-refractivity contribution in [2.75, 3.05) is 32.9 Å². The molecule has 0 unspecified atom stereocenters. The molecule has 0 aromatic heterocycles. The summed E-state index contributed by atoms with van der Waals surface area (Å²) in [7, 11) is 0. The molecule has 21 heavy (non-hydrogen) atoms. The third kappa shape index (κ3) is 2.81. The Hall–Kier alpha value is -1.43. The van der Waals surface area contributed by atoms with Crippen LogP contribution in [0.5, 0.6) is 0 Å². The number of benzene rings is 1. The van der Waals surface area contributed by atoms with E-state index in [1.165, 1.54) is 0 Å². The Morgan fingerprint density at radius 3 is 3.05 bits per heavy atom. The molecule has 0 bridgehead atoms. The second kappa shape index (κ2) is 5.75. The molecular formula is C16H21NO4. The summed E-state index contributed by atoms with van der Waals surface area (Å²) in [5, 5.41) is 18.8. The third-order valence-corrected chi connectivity index (χ3v) is 4.84. The average Bonchev–Trinajstić information content (AvgIpc) is 2.86. The van der Waals surface area contributed by atoms with Crippen molar-refractivity contribution in [2.45, 2.75) is 13.0 Å². The van der Waals surface area contributed by atoms with Crippen LogP contribution in [0.2, 0.25) is 0 Å². The van der Waals surface area contributed by atoms with Crippen molar-refractivity contribution in [1.82, 2.24) is 4.90 Å². The second-order valence-corrected chi connectivity index (χ2v) is 6.22. The molecule has 5 heteroatoms. The summed E-state index contributed by atoms with van der Waals surface area (Å²) in [5.41, 5.74) is 1.29. The van der Waals surface area contributed by atoms with Gasteiger partial charge in [0.05, 0.1) is 18.8 Å². The van der Waals surface area contributed by atoms with Gasteiger partial charge in [-0.1, -0.05) is 12.1 Å². The van der Waals surface area contributed by atoms with Crippen molar-refractivity contribution in [2.24, 2.45) is 11.3 Å². The van der Waals surface area contributed by atoms with E-state index >= 15 is 0 Å². The Kier molecular flexibility index (Phi) is 3.97. The van der Waals surface area contributed by atoms with Gasteiger partial charge in [-0.3, -0.25) is 4.90 Å². The Labute approximate surface area is 124 Å². The molecule has 0 spiro atoms. The van der Waals surface area contributed by atoms with Crippen molar-refractivity contribution in [3.63, 3.8) is 0 Å². The van der Waals surface area contributed by atoms with E-state index in [0.29, 0.717) is 18.1 Å². The number of aliphatic hydroxyl groups excluding tert-OH is 1. The van der Waals surface area contributed by atoms with Crippen molar-refractivity contribution in [1.29, 1.82) is 0 Å². The summed E-state index contributed by atoms with van der Waals surface area (Å²) >= 11 is 0. The zero-order valence-electron chi connectivity index (χ0n) is 12.0. The zero-order chi connectivity index (χ0) is 14.9. The summed E-state index contributed by atoms with van der Waals surface area (Å²) in [6.45, 7) is 4.12. The Balaban J connectivity index is 1.72. The molecule has 1 aromatic rings. The number of carboxylic acid groups (broad SMARTS) is 1. The molecule has 2 heterocycles. The van der Waals surface area contributed by atoms with Crippen LogP contribution in [0.25, 0.3) is 0 Å². The van der Waals surface area contributed by atoms with Gasteiger partial charge in [-0.05, 0) is 24.1 Å². The van der Waals surface area contributed by atoms with E-state index in [2.05, 4.69) is 4.90 Å². The first kappa shape index (κ1) is 14.5. The number of hydrogen-bond acceptors (Lipinski definition) is 4. The van der Waals surface area contributed by atoms with E-state index in [4.69, 9.17) is 9.84 Å². The maximum atomic E-state index is 11.0. The molecule has 2 aliphatic heterocycles. The van der Waals surface area contributed by atoms with E-state index in [-0.39, 0.29) is 12.0 Å². The lowest BCUT2D eigenvalue weighted by Gasteiger charge is -2.36. The summed E-state index contributed by atoms with van der Waals surface area (Å²) in [6, 6.07) is 7.08. The Morgan fingerprint density at radius 2 is 2.33 bits per heavy atom. The molecule has 114 valence electrons. The standard InChI is InChI=1S/C16H21NO4/c18-11-16-4-5-21-9-14(16)8-17(10-16)7-12-2-1-3-13(6-12)15(19)20/h1-3,6,14,18H,4-5,7-11H2,(H,19,20)/t14-,16-/m1/s1. The molecule has 0 radical (unpaired) electrons. The summed E-state index contributed by atoms with van der Waals surface area (Å²) in [6.07, 6.45) is 0.903. The van der Waals surface area contributed by atoms with Crippen LogP contribution in [0.4, 0.5) is 0 Å². The number of aliphatic hydroxyl groups is 1. The molecule has 1 aromatic carbocycles. The minimum atomic E-state index is -0.896. The van der Waals surface area contributed by atoms with Crippen LogP contribution >= 0.6 is 0 Å². The van der Waals surface area contributed by atoms with Crippen molar-refractivity contribution < 1.29 is 19.7 Å². The summed E-state index contributed by atoms with van der Waals surface area (Å²) < 4.78 is 5.54. The molecule has 2 saturated heterocycles. The Morgan fingerprint density at radius 1 is 1.48 bits per heavy atom. The third-order valence-electron chi connectivity index (χ3n) is 4.84. The van der Waals surface area contributed by atoms with Crippen LogP contribution in [0.3, 0.4) is 0 Å². The largest absolute Gasteiger partial charge is 0.478 e. The maximum Gasteiger partial charge on any atom is 0.335 e. The first-order chi connectivity index (χ1) is 10.1. The normalized spacial score (nSPS) is 29.3. The number of rotatable bonds is 4. The fourth-order valence-electron chi connectivity index (χ4n) is 3.60. The molecular weight excluding hydrogens is 270 g/mol. The number of likely N-dealkylation sites (tertiary alicyclic amines) is 1. The highest BCUT2D eigenvalue weighted by molar-refractivity contribution is 5.87. The summed E-state index contributed by atoms with van der Waals surface area (Å²) in [5.74, 6) is -0.522. The molecule has 0 amide bonds. The van der Waals surface area contributed by atoms with Crippen molar-refractivity contribution >= 4 is 5.97 Å². The molecule has 2 fully saturated rings. The molecule has 2 atom stereocenters. The molecule has 5 nitrogen and oxygen atoms in total. The highest BCUT2D eigenvalue weighted by Gasteiger charge is 2.47. The topological polar surface area (TPSA) is 70.0 Å². The van der Waals surface area contributed by atoms with Crippen LogP contribution in [0.15, 0.2) is 24.3 Å². The lowest BCUT2D eigenvalue weighted by Crippen LogP contribution is -2.41. The fourth-order valence-corrected chi connectivity index (χ4v) is 3.60. The van der Waals surface area contributed by atoms with Crippen LogP contribution in [0, 0.1) is 11.3 Å². The van der Waals surface area contributed by atoms with E-state index < -0.39 is 5.97 Å². The molecule has 2 aliphatic rings. The highest BCUT2D eigenvalue weighted by Crippen LogP contribution is 2.42. The number of carbonyl (C=O) groups is 1. The van der Waals surface area contributed by atoms with Crippen LogP contribution in [0.1, 0.15) is 22.3 Å². The lowest BCUT2D eigenvalue weighted by atomic mass is 9.75. The number of aromatic carboxylic acids is 1. The number of ether oxygens (including phenoxy) is 1. The van der Waals surface area contributed by atoms with Gasteiger partial charge in [0.25, 0.3) is 0 Å². The first-order valence-corrected chi connectivity index (χ1v) is 7.36. The van der Waals surface area contributed by atoms with Crippen LogP contribution < -0.4 is 0 Å². The Bertz CT molecular complexity index is 533. The second-order valence-electron chi connectivity index (χ2n) is 6.22. The predicted octanol–water partition coefficient (Wildman–Crippen LogP) is 1.22. The van der Waals surface area contributed by atoms with Gasteiger partial charge in [0.1, 0.15) is 0 Å². The lowest BCUT2D eigenvalue weighted by molar-refractivity contribution is -0.0417. The number of nitrogens with zero attached hydrogens (tertiary/aromatic N) is 1. The molecule has 0 saturated carbocycles. The van der Waals surface area contributed by atoms with Crippen LogP contribution in [-0.4, -0.2) is 54.0 Å². The fraction of sp³-hybridized carbons (Fsp3) is 0.562. The van der Waals surface area contributed by atoms with Gasteiger partial charge in [0.2, 0.25) is 0 Å². The van der Waals surface area contributed by atoms with Gasteiger partial charge >= 0.3 is 5.97 Å². The van der Waals surface area contributed by atoms with Crippen molar-refractivity contribution in [3.8, 4) is 0 Å². The smallest absolute Gasteiger partial charge is 0.335 e. The SMILES string of the molecule is O=C(O)c1cccc(CN2C[C@@H]3COCC[C@]3(CO)C2)c1. The minimum absolute atomic E-state index is 0.0390. The number of carboxylic acids is 1. The zero-order valence-corrected chi connectivity index (χ0v) is 12.0. The highest BCUT2D eigenvalue weighted by atomic mass is 16.5. The van der Waals surface area contributed by atoms with Crippen molar-refractivity contribution in [3.05, 3.63) is 35.4 Å².